The predicted octanol–water partition coefficient (Wildman–Crippen LogP) is 4.49. The topological polar surface area (TPSA) is 135 Å². The Morgan fingerprint density at radius 2 is 1.95 bits per heavy atom. The van der Waals surface area contributed by atoms with Crippen molar-refractivity contribution in [2.24, 2.45) is 0 Å². The van der Waals surface area contributed by atoms with E-state index in [0.29, 0.717) is 43.1 Å². The van der Waals surface area contributed by atoms with Gasteiger partial charge in [0.2, 0.25) is 5.88 Å². The average Bonchev–Trinajstić information content (AvgIpc) is 3.69. The molecule has 5 heterocycles. The minimum absolute atomic E-state index is 0.0355. The molecule has 216 valence electrons. The number of morpholine rings is 1. The van der Waals surface area contributed by atoms with Gasteiger partial charge in [-0.05, 0) is 50.5 Å². The highest BCUT2D eigenvalue weighted by atomic mass is 16.6. The average molecular weight is 563 g/mol. The molecule has 13 heteroatoms. The van der Waals surface area contributed by atoms with E-state index in [1.165, 1.54) is 6.20 Å². The fraction of sp³-hybridized carbons (Fsp3) is 0.500. The zero-order chi connectivity index (χ0) is 28.3. The Bertz CT molecular complexity index is 1490. The van der Waals surface area contributed by atoms with Gasteiger partial charge in [0.15, 0.2) is 11.8 Å². The largest absolute Gasteiger partial charge is 0.481 e. The van der Waals surface area contributed by atoms with Gasteiger partial charge in [-0.3, -0.25) is 4.98 Å². The molecule has 1 aliphatic carbocycles. The predicted molar refractivity (Wildman–Crippen MR) is 150 cm³/mol. The van der Waals surface area contributed by atoms with E-state index in [9.17, 15) is 10.1 Å². The maximum absolute atomic E-state index is 11.4. The highest BCUT2D eigenvalue weighted by molar-refractivity contribution is 5.87. The Labute approximate surface area is 237 Å². The monoisotopic (exact) mass is 562 g/mol. The molecule has 0 bridgehead atoms. The van der Waals surface area contributed by atoms with Gasteiger partial charge in [0, 0.05) is 37.6 Å². The number of fused-ring (bicyclic) bond motifs is 1. The van der Waals surface area contributed by atoms with Gasteiger partial charge in [-0.15, -0.1) is 0 Å². The third kappa shape index (κ3) is 5.67. The Morgan fingerprint density at radius 3 is 2.66 bits per heavy atom. The zero-order valence-electron chi connectivity index (χ0n) is 23.3. The van der Waals surface area contributed by atoms with Gasteiger partial charge in [0.1, 0.15) is 23.9 Å². The molecular weight excluding hydrogens is 528 g/mol. The van der Waals surface area contributed by atoms with Crippen molar-refractivity contribution < 1.29 is 19.1 Å². The van der Waals surface area contributed by atoms with Gasteiger partial charge >= 0.3 is 5.95 Å². The summed E-state index contributed by atoms with van der Waals surface area (Å²) in [6, 6.07) is 4.30. The molecule has 1 aliphatic heterocycles. The van der Waals surface area contributed by atoms with Crippen molar-refractivity contribution in [2.75, 3.05) is 31.2 Å². The van der Waals surface area contributed by atoms with E-state index in [1.807, 2.05) is 44.7 Å². The SMILES string of the molecule is CCn1c(C(C)Oc2cnc3cc(N4CCOCC4)nc(O[C@H]4CC[C@@H](n5ccnc5)CC4)c3c2)cnc1[N+](=O)[O-]. The van der Waals surface area contributed by atoms with E-state index >= 15 is 0 Å². The van der Waals surface area contributed by atoms with Crippen LogP contribution in [0.4, 0.5) is 11.8 Å². The molecule has 41 heavy (non-hydrogen) atoms. The molecule has 1 saturated heterocycles. The molecule has 1 atom stereocenters. The van der Waals surface area contributed by atoms with Crippen LogP contribution in [-0.4, -0.2) is 66.4 Å². The summed E-state index contributed by atoms with van der Waals surface area (Å²) < 4.78 is 22.1. The molecule has 4 aromatic rings. The zero-order valence-corrected chi connectivity index (χ0v) is 23.3. The second-order valence-corrected chi connectivity index (χ2v) is 10.4. The standard InChI is InChI=1S/C28H34N8O5/c1-3-35-25(17-31-28(35)36(37)38)19(2)40-22-14-23-24(30-16-22)15-26(33-10-12-39-13-11-33)32-27(23)41-21-6-4-20(5-7-21)34-9-8-29-18-34/h8-9,14-21H,3-7,10-13H2,1-2H3/t19?,20-,21+. The van der Waals surface area contributed by atoms with Crippen LogP contribution >= 0.6 is 0 Å². The summed E-state index contributed by atoms with van der Waals surface area (Å²) in [6.07, 6.45) is 12.3. The van der Waals surface area contributed by atoms with Crippen LogP contribution in [0.5, 0.6) is 11.6 Å². The summed E-state index contributed by atoms with van der Waals surface area (Å²) in [5.74, 6) is 1.67. The van der Waals surface area contributed by atoms with E-state index in [-0.39, 0.29) is 12.1 Å². The third-order valence-electron chi connectivity index (χ3n) is 7.88. The number of rotatable bonds is 9. The summed E-state index contributed by atoms with van der Waals surface area (Å²) >= 11 is 0. The smallest absolute Gasteiger partial charge is 0.434 e. The quantitative estimate of drug-likeness (QED) is 0.212. The fourth-order valence-corrected chi connectivity index (χ4v) is 5.71. The van der Waals surface area contributed by atoms with Gasteiger partial charge in [0.05, 0.1) is 43.2 Å². The number of hydrogen-bond acceptors (Lipinski definition) is 10. The van der Waals surface area contributed by atoms with Crippen LogP contribution in [0.1, 0.15) is 57.4 Å². The molecular formula is C28H34N8O5. The highest BCUT2D eigenvalue weighted by Crippen LogP contribution is 2.36. The molecule has 0 aromatic carbocycles. The van der Waals surface area contributed by atoms with Crippen molar-refractivity contribution in [3.63, 3.8) is 0 Å². The molecule has 0 amide bonds. The number of nitrogens with zero attached hydrogens (tertiary/aromatic N) is 8. The molecule has 2 fully saturated rings. The lowest BCUT2D eigenvalue weighted by Crippen LogP contribution is -2.36. The second kappa shape index (κ2) is 11.7. The number of nitro groups is 1. The normalized spacial score (nSPS) is 20.2. The maximum atomic E-state index is 11.4. The molecule has 1 unspecified atom stereocenters. The third-order valence-corrected chi connectivity index (χ3v) is 7.88. The van der Waals surface area contributed by atoms with Crippen LogP contribution in [0.25, 0.3) is 10.9 Å². The first-order valence-electron chi connectivity index (χ1n) is 14.1. The number of anilines is 1. The van der Waals surface area contributed by atoms with Gasteiger partial charge < -0.3 is 33.8 Å². The molecule has 0 radical (unpaired) electrons. The van der Waals surface area contributed by atoms with Crippen molar-refractivity contribution >= 4 is 22.7 Å². The molecule has 13 nitrogen and oxygen atoms in total. The molecule has 6 rings (SSSR count). The van der Waals surface area contributed by atoms with Crippen molar-refractivity contribution in [3.05, 3.63) is 59.1 Å². The van der Waals surface area contributed by atoms with Crippen molar-refractivity contribution in [1.82, 2.24) is 29.1 Å². The maximum Gasteiger partial charge on any atom is 0.434 e. The van der Waals surface area contributed by atoms with Gasteiger partial charge in [0.25, 0.3) is 0 Å². The van der Waals surface area contributed by atoms with Crippen LogP contribution in [-0.2, 0) is 11.3 Å². The van der Waals surface area contributed by atoms with E-state index in [2.05, 4.69) is 19.4 Å². The summed E-state index contributed by atoms with van der Waals surface area (Å²) in [4.78, 5) is 30.9. The number of imidazole rings is 2. The minimum atomic E-state index is -0.487. The summed E-state index contributed by atoms with van der Waals surface area (Å²) in [7, 11) is 0. The summed E-state index contributed by atoms with van der Waals surface area (Å²) in [6.45, 7) is 6.90. The number of hydrogen-bond donors (Lipinski definition) is 0. The molecule has 1 saturated carbocycles. The Morgan fingerprint density at radius 1 is 1.15 bits per heavy atom. The van der Waals surface area contributed by atoms with E-state index in [1.54, 1.807) is 10.8 Å². The lowest BCUT2D eigenvalue weighted by atomic mass is 9.93. The molecule has 4 aromatic heterocycles. The Kier molecular flexibility index (Phi) is 7.68. The lowest BCUT2D eigenvalue weighted by molar-refractivity contribution is -0.396. The fourth-order valence-electron chi connectivity index (χ4n) is 5.71. The van der Waals surface area contributed by atoms with Crippen molar-refractivity contribution in [2.45, 2.75) is 64.3 Å². The van der Waals surface area contributed by atoms with Crippen molar-refractivity contribution in [1.29, 1.82) is 0 Å². The first-order chi connectivity index (χ1) is 20.0. The lowest BCUT2D eigenvalue weighted by Gasteiger charge is -2.31. The van der Waals surface area contributed by atoms with Crippen LogP contribution in [0.2, 0.25) is 0 Å². The summed E-state index contributed by atoms with van der Waals surface area (Å²) in [5, 5.41) is 12.1. The molecule has 0 spiro atoms. The van der Waals surface area contributed by atoms with Gasteiger partial charge in [-0.25, -0.2) is 9.55 Å². The molecule has 0 N–H and O–H groups in total. The van der Waals surface area contributed by atoms with E-state index in [4.69, 9.17) is 24.2 Å². The van der Waals surface area contributed by atoms with E-state index < -0.39 is 11.0 Å². The Hall–Kier alpha value is -4.26. The van der Waals surface area contributed by atoms with Gasteiger partial charge in [-0.2, -0.15) is 4.98 Å². The van der Waals surface area contributed by atoms with E-state index in [0.717, 1.165) is 55.5 Å². The number of ether oxygens (including phenoxy) is 3. The van der Waals surface area contributed by atoms with Crippen LogP contribution in [0, 0.1) is 10.1 Å². The van der Waals surface area contributed by atoms with Gasteiger partial charge in [-0.1, -0.05) is 4.98 Å². The second-order valence-electron chi connectivity index (χ2n) is 10.4. The van der Waals surface area contributed by atoms with Crippen molar-refractivity contribution in [3.8, 4) is 11.6 Å². The first-order valence-corrected chi connectivity index (χ1v) is 14.1. The van der Waals surface area contributed by atoms with Crippen LogP contribution < -0.4 is 14.4 Å². The Balaban J connectivity index is 1.27. The summed E-state index contributed by atoms with van der Waals surface area (Å²) in [5.41, 5.74) is 1.38. The van der Waals surface area contributed by atoms with Crippen LogP contribution in [0.15, 0.2) is 43.2 Å². The highest BCUT2D eigenvalue weighted by Gasteiger charge is 2.27. The van der Waals surface area contributed by atoms with Crippen LogP contribution in [0.3, 0.4) is 0 Å². The number of aromatic nitrogens is 6. The number of pyridine rings is 2. The molecule has 2 aliphatic rings. The first kappa shape index (κ1) is 26.9. The minimum Gasteiger partial charge on any atom is -0.481 e.